The van der Waals surface area contributed by atoms with Gasteiger partial charge in [-0.25, -0.2) is 4.79 Å². The van der Waals surface area contributed by atoms with Gasteiger partial charge >= 0.3 is 5.97 Å². The van der Waals surface area contributed by atoms with Crippen LogP contribution < -0.4 is 4.74 Å². The van der Waals surface area contributed by atoms with E-state index in [1.54, 1.807) is 36.7 Å². The molecule has 4 heteroatoms. The van der Waals surface area contributed by atoms with E-state index >= 15 is 0 Å². The smallest absolute Gasteiger partial charge is 0.335 e. The Hall–Kier alpha value is -2.88. The lowest BCUT2D eigenvalue weighted by Crippen LogP contribution is -1.98. The van der Waals surface area contributed by atoms with Crippen molar-refractivity contribution in [3.8, 4) is 5.75 Å². The Balaban J connectivity index is 1.72. The second-order valence-electron chi connectivity index (χ2n) is 4.68. The van der Waals surface area contributed by atoms with Gasteiger partial charge in [0, 0.05) is 17.8 Å². The van der Waals surface area contributed by atoms with Crippen molar-refractivity contribution in [2.24, 2.45) is 0 Å². The van der Waals surface area contributed by atoms with Crippen LogP contribution in [0.15, 0.2) is 60.9 Å². The van der Waals surface area contributed by atoms with Crippen LogP contribution in [-0.4, -0.2) is 16.1 Å². The second kappa shape index (κ2) is 5.63. The van der Waals surface area contributed by atoms with Crippen LogP contribution in [0.4, 0.5) is 0 Å². The van der Waals surface area contributed by atoms with Gasteiger partial charge < -0.3 is 9.84 Å². The molecule has 3 aromatic rings. The minimum absolute atomic E-state index is 0.274. The molecule has 0 aliphatic carbocycles. The van der Waals surface area contributed by atoms with Gasteiger partial charge in [0.25, 0.3) is 0 Å². The van der Waals surface area contributed by atoms with E-state index in [0.29, 0.717) is 6.61 Å². The summed E-state index contributed by atoms with van der Waals surface area (Å²) in [6.45, 7) is 0.395. The molecule has 0 radical (unpaired) electrons. The van der Waals surface area contributed by atoms with E-state index in [1.165, 1.54) is 0 Å². The number of rotatable bonds is 4. The van der Waals surface area contributed by atoms with Crippen LogP contribution in [0.3, 0.4) is 0 Å². The molecule has 0 spiro atoms. The highest BCUT2D eigenvalue weighted by Crippen LogP contribution is 2.20. The number of hydrogen-bond donors (Lipinski definition) is 1. The first-order chi connectivity index (χ1) is 10.2. The third-order valence-electron chi connectivity index (χ3n) is 3.22. The van der Waals surface area contributed by atoms with Crippen LogP contribution in [0, 0.1) is 0 Å². The van der Waals surface area contributed by atoms with E-state index in [1.807, 2.05) is 24.3 Å². The molecule has 0 bridgehead atoms. The van der Waals surface area contributed by atoms with Crippen molar-refractivity contribution in [1.29, 1.82) is 0 Å². The minimum Gasteiger partial charge on any atom is -0.489 e. The molecule has 104 valence electrons. The number of aromatic carboxylic acids is 1. The third-order valence-corrected chi connectivity index (χ3v) is 3.22. The predicted molar refractivity (Wildman–Crippen MR) is 79.5 cm³/mol. The fourth-order valence-corrected chi connectivity index (χ4v) is 2.06. The summed E-state index contributed by atoms with van der Waals surface area (Å²) in [6, 6.07) is 14.4. The molecule has 1 N–H and O–H groups in total. The summed E-state index contributed by atoms with van der Waals surface area (Å²) in [7, 11) is 0. The van der Waals surface area contributed by atoms with E-state index in [4.69, 9.17) is 9.84 Å². The summed E-state index contributed by atoms with van der Waals surface area (Å²) in [5.41, 5.74) is 1.20. The van der Waals surface area contributed by atoms with E-state index in [9.17, 15) is 4.79 Å². The average molecular weight is 279 g/mol. The van der Waals surface area contributed by atoms with Gasteiger partial charge in [0.05, 0.1) is 5.56 Å². The summed E-state index contributed by atoms with van der Waals surface area (Å²) in [5.74, 6) is -0.165. The molecule has 1 heterocycles. The molecule has 3 rings (SSSR count). The fourth-order valence-electron chi connectivity index (χ4n) is 2.06. The monoisotopic (exact) mass is 279 g/mol. The Kier molecular flexibility index (Phi) is 3.51. The number of carboxylic acids is 1. The van der Waals surface area contributed by atoms with Gasteiger partial charge in [0.2, 0.25) is 0 Å². The molecule has 0 aliphatic heterocycles. The zero-order valence-electron chi connectivity index (χ0n) is 11.2. The number of carboxylic acid groups (broad SMARTS) is 1. The van der Waals surface area contributed by atoms with Gasteiger partial charge in [-0.2, -0.15) is 0 Å². The molecule has 0 unspecified atom stereocenters. The van der Waals surface area contributed by atoms with Gasteiger partial charge in [0.1, 0.15) is 12.4 Å². The van der Waals surface area contributed by atoms with Crippen molar-refractivity contribution in [3.05, 3.63) is 72.1 Å². The zero-order chi connectivity index (χ0) is 14.7. The maximum atomic E-state index is 10.8. The molecule has 0 amide bonds. The van der Waals surface area contributed by atoms with Crippen molar-refractivity contribution in [1.82, 2.24) is 4.98 Å². The maximum Gasteiger partial charge on any atom is 0.335 e. The van der Waals surface area contributed by atoms with E-state index in [-0.39, 0.29) is 5.56 Å². The van der Waals surface area contributed by atoms with Gasteiger partial charge in [-0.1, -0.05) is 18.2 Å². The van der Waals surface area contributed by atoms with Gasteiger partial charge in [0.15, 0.2) is 0 Å². The molecule has 0 saturated heterocycles. The summed E-state index contributed by atoms with van der Waals surface area (Å²) in [5, 5.41) is 11.0. The molecule has 2 aromatic carbocycles. The summed E-state index contributed by atoms with van der Waals surface area (Å²) in [4.78, 5) is 14.9. The Bertz CT molecular complexity index is 781. The van der Waals surface area contributed by atoms with E-state index in [2.05, 4.69) is 4.98 Å². The summed E-state index contributed by atoms with van der Waals surface area (Å²) in [6.07, 6.45) is 3.55. The molecule has 0 atom stereocenters. The normalized spacial score (nSPS) is 10.5. The highest BCUT2D eigenvalue weighted by atomic mass is 16.5. The van der Waals surface area contributed by atoms with Crippen molar-refractivity contribution in [2.75, 3.05) is 0 Å². The lowest BCUT2D eigenvalue weighted by molar-refractivity contribution is 0.0697. The molecule has 0 fully saturated rings. The molecule has 4 nitrogen and oxygen atoms in total. The van der Waals surface area contributed by atoms with Crippen molar-refractivity contribution in [3.63, 3.8) is 0 Å². The lowest BCUT2D eigenvalue weighted by atomic mass is 10.1. The quantitative estimate of drug-likeness (QED) is 0.794. The third kappa shape index (κ3) is 3.00. The van der Waals surface area contributed by atoms with Crippen LogP contribution in [0.25, 0.3) is 10.8 Å². The van der Waals surface area contributed by atoms with Crippen molar-refractivity contribution >= 4 is 16.7 Å². The molecule has 1 aromatic heterocycles. The Morgan fingerprint density at radius 2 is 1.86 bits per heavy atom. The van der Waals surface area contributed by atoms with Gasteiger partial charge in [-0.05, 0) is 41.3 Å². The topological polar surface area (TPSA) is 59.4 Å². The Morgan fingerprint density at radius 1 is 1.05 bits per heavy atom. The van der Waals surface area contributed by atoms with Crippen LogP contribution in [0.2, 0.25) is 0 Å². The number of aromatic nitrogens is 1. The minimum atomic E-state index is -0.926. The fraction of sp³-hybridized carbons (Fsp3) is 0.0588. The highest BCUT2D eigenvalue weighted by Gasteiger charge is 2.02. The number of pyridine rings is 1. The summed E-state index contributed by atoms with van der Waals surface area (Å²) >= 11 is 0. The molecular weight excluding hydrogens is 266 g/mol. The first kappa shape index (κ1) is 13.1. The summed E-state index contributed by atoms with van der Waals surface area (Å²) < 4.78 is 5.73. The van der Waals surface area contributed by atoms with Gasteiger partial charge in [-0.3, -0.25) is 4.98 Å². The average Bonchev–Trinajstić information content (AvgIpc) is 2.53. The Morgan fingerprint density at radius 3 is 2.62 bits per heavy atom. The van der Waals surface area contributed by atoms with Crippen LogP contribution in [0.5, 0.6) is 5.75 Å². The number of hydrogen-bond acceptors (Lipinski definition) is 3. The van der Waals surface area contributed by atoms with Gasteiger partial charge in [-0.15, -0.1) is 0 Å². The van der Waals surface area contributed by atoms with E-state index in [0.717, 1.165) is 22.1 Å². The number of ether oxygens (including phenoxy) is 1. The maximum absolute atomic E-state index is 10.8. The van der Waals surface area contributed by atoms with E-state index < -0.39 is 5.97 Å². The molecule has 0 aliphatic rings. The molecule has 21 heavy (non-hydrogen) atoms. The second-order valence-corrected chi connectivity index (χ2v) is 4.68. The van der Waals surface area contributed by atoms with Crippen molar-refractivity contribution in [2.45, 2.75) is 6.61 Å². The zero-order valence-corrected chi connectivity index (χ0v) is 11.2. The first-order valence-electron chi connectivity index (χ1n) is 6.51. The Labute approximate surface area is 121 Å². The lowest BCUT2D eigenvalue weighted by Gasteiger charge is -2.07. The predicted octanol–water partition coefficient (Wildman–Crippen LogP) is 3.51. The van der Waals surface area contributed by atoms with Crippen LogP contribution >= 0.6 is 0 Å². The first-order valence-corrected chi connectivity index (χ1v) is 6.51. The largest absolute Gasteiger partial charge is 0.489 e. The van der Waals surface area contributed by atoms with Crippen LogP contribution in [0.1, 0.15) is 15.9 Å². The standard InChI is InChI=1S/C17H13NO3/c19-17(20)14-3-1-12(2-4-14)11-21-16-6-5-13-7-8-18-10-15(13)9-16/h1-10H,11H2,(H,19,20). The number of nitrogens with zero attached hydrogens (tertiary/aromatic N) is 1. The molecule has 0 saturated carbocycles. The van der Waals surface area contributed by atoms with Crippen molar-refractivity contribution < 1.29 is 14.6 Å². The number of benzene rings is 2. The number of carbonyl (C=O) groups is 1. The molecular formula is C17H13NO3. The SMILES string of the molecule is O=C(O)c1ccc(COc2ccc3ccncc3c2)cc1. The highest BCUT2D eigenvalue weighted by molar-refractivity contribution is 5.87. The van der Waals surface area contributed by atoms with Crippen LogP contribution in [-0.2, 0) is 6.61 Å². The number of fused-ring (bicyclic) bond motifs is 1.